The maximum Gasteiger partial charge on any atom is 0.449 e. The van der Waals surface area contributed by atoms with Gasteiger partial charge in [-0.1, -0.05) is 0 Å². The van der Waals surface area contributed by atoms with Crippen LogP contribution in [0.1, 0.15) is 5.82 Å². The van der Waals surface area contributed by atoms with Crippen LogP contribution in [0.5, 0.6) is 0 Å². The molecule has 15 heavy (non-hydrogen) atoms. The Balaban J connectivity index is 2.84. The molecule has 0 aliphatic heterocycles. The third-order valence-electron chi connectivity index (χ3n) is 1.67. The largest absolute Gasteiger partial charge is 0.449 e. The lowest BCUT2D eigenvalue weighted by Crippen LogP contribution is -2.18. The van der Waals surface area contributed by atoms with Gasteiger partial charge in [-0.3, -0.25) is 0 Å². The Morgan fingerprint density at radius 3 is 2.53 bits per heavy atom. The van der Waals surface area contributed by atoms with Crippen LogP contribution < -0.4 is 0 Å². The van der Waals surface area contributed by atoms with Crippen LogP contribution in [0.2, 0.25) is 0 Å². The molecule has 0 fully saturated rings. The quantitative estimate of drug-likeness (QED) is 0.792. The van der Waals surface area contributed by atoms with E-state index in [0.717, 1.165) is 23.2 Å². The van der Waals surface area contributed by atoms with Crippen molar-refractivity contribution in [3.63, 3.8) is 0 Å². The monoisotopic (exact) mass is 242 g/mol. The van der Waals surface area contributed by atoms with Gasteiger partial charge in [0.2, 0.25) is 5.82 Å². The SMILES string of the molecule is CS(=O)(=O)CCn1ccnc1C(F)(F)F. The summed E-state index contributed by atoms with van der Waals surface area (Å²) in [5.41, 5.74) is 0. The minimum absolute atomic E-state index is 0.242. The number of sulfone groups is 1. The molecule has 86 valence electrons. The third kappa shape index (κ3) is 3.54. The predicted octanol–water partition coefficient (Wildman–Crippen LogP) is 0.946. The fourth-order valence-electron chi connectivity index (χ4n) is 1.01. The van der Waals surface area contributed by atoms with Crippen molar-refractivity contribution in [1.29, 1.82) is 0 Å². The van der Waals surface area contributed by atoms with Gasteiger partial charge in [-0.15, -0.1) is 0 Å². The first-order valence-electron chi connectivity index (χ1n) is 3.96. The first-order valence-corrected chi connectivity index (χ1v) is 6.02. The van der Waals surface area contributed by atoms with E-state index in [0.29, 0.717) is 0 Å². The third-order valence-corrected chi connectivity index (χ3v) is 2.60. The molecule has 0 amide bonds. The summed E-state index contributed by atoms with van der Waals surface area (Å²) in [5, 5.41) is 0. The molecule has 8 heteroatoms. The van der Waals surface area contributed by atoms with Crippen molar-refractivity contribution < 1.29 is 21.6 Å². The van der Waals surface area contributed by atoms with Crippen LogP contribution >= 0.6 is 0 Å². The molecule has 1 aromatic heterocycles. The van der Waals surface area contributed by atoms with Gasteiger partial charge in [0.25, 0.3) is 0 Å². The number of aryl methyl sites for hydroxylation is 1. The normalized spacial score (nSPS) is 13.1. The molecule has 0 spiro atoms. The second kappa shape index (κ2) is 3.84. The summed E-state index contributed by atoms with van der Waals surface area (Å²) in [4.78, 5) is 3.13. The fourth-order valence-corrected chi connectivity index (χ4v) is 1.54. The van der Waals surface area contributed by atoms with Crippen molar-refractivity contribution in [2.75, 3.05) is 12.0 Å². The Morgan fingerprint density at radius 1 is 1.47 bits per heavy atom. The molecular weight excluding hydrogens is 233 g/mol. The Hall–Kier alpha value is -1.05. The molecular formula is C7H9F3N2O2S. The van der Waals surface area contributed by atoms with Crippen molar-refractivity contribution in [2.45, 2.75) is 12.7 Å². The van der Waals surface area contributed by atoms with Crippen LogP contribution in [0.4, 0.5) is 13.2 Å². The summed E-state index contributed by atoms with van der Waals surface area (Å²) in [6.45, 7) is -0.242. The Morgan fingerprint density at radius 2 is 2.07 bits per heavy atom. The van der Waals surface area contributed by atoms with E-state index in [4.69, 9.17) is 0 Å². The maximum atomic E-state index is 12.3. The summed E-state index contributed by atoms with van der Waals surface area (Å²) in [6, 6.07) is 0. The lowest BCUT2D eigenvalue weighted by atomic mass is 10.5. The molecule has 0 atom stereocenters. The summed E-state index contributed by atoms with van der Waals surface area (Å²) < 4.78 is 59.1. The van der Waals surface area contributed by atoms with E-state index in [-0.39, 0.29) is 12.3 Å². The van der Waals surface area contributed by atoms with Gasteiger partial charge in [-0.2, -0.15) is 13.2 Å². The van der Waals surface area contributed by atoms with Crippen molar-refractivity contribution in [3.05, 3.63) is 18.2 Å². The van der Waals surface area contributed by atoms with Gasteiger partial charge in [0.1, 0.15) is 9.84 Å². The highest BCUT2D eigenvalue weighted by molar-refractivity contribution is 7.90. The fraction of sp³-hybridized carbons (Fsp3) is 0.571. The number of rotatable bonds is 3. The molecule has 0 aliphatic carbocycles. The molecule has 0 saturated heterocycles. The number of nitrogens with zero attached hydrogens (tertiary/aromatic N) is 2. The molecule has 0 unspecified atom stereocenters. The van der Waals surface area contributed by atoms with Gasteiger partial charge in [0.05, 0.1) is 5.75 Å². The van der Waals surface area contributed by atoms with E-state index in [2.05, 4.69) is 4.98 Å². The molecule has 0 N–H and O–H groups in total. The van der Waals surface area contributed by atoms with Gasteiger partial charge < -0.3 is 4.57 Å². The highest BCUT2D eigenvalue weighted by atomic mass is 32.2. The topological polar surface area (TPSA) is 52.0 Å². The van der Waals surface area contributed by atoms with Gasteiger partial charge in [-0.05, 0) is 0 Å². The highest BCUT2D eigenvalue weighted by Gasteiger charge is 2.35. The summed E-state index contributed by atoms with van der Waals surface area (Å²) in [5.74, 6) is -1.42. The van der Waals surface area contributed by atoms with Gasteiger partial charge in [0, 0.05) is 25.2 Å². The Labute approximate surface area is 84.7 Å². The van der Waals surface area contributed by atoms with Crippen LogP contribution in [-0.4, -0.2) is 30.0 Å². The number of imidazole rings is 1. The molecule has 0 aromatic carbocycles. The number of alkyl halides is 3. The van der Waals surface area contributed by atoms with Gasteiger partial charge in [-0.25, -0.2) is 13.4 Å². The van der Waals surface area contributed by atoms with E-state index >= 15 is 0 Å². The Bertz CT molecular complexity index is 435. The average molecular weight is 242 g/mol. The zero-order chi connectivity index (χ0) is 11.7. The number of hydrogen-bond acceptors (Lipinski definition) is 3. The van der Waals surface area contributed by atoms with Gasteiger partial charge >= 0.3 is 6.18 Å². The molecule has 0 aliphatic rings. The molecule has 1 aromatic rings. The summed E-state index contributed by atoms with van der Waals surface area (Å²) >= 11 is 0. The first-order chi connectivity index (χ1) is 6.70. The standard InChI is InChI=1S/C7H9F3N2O2S/c1-15(13,14)5-4-12-3-2-11-6(12)7(8,9)10/h2-3H,4-5H2,1H3. The molecule has 4 nitrogen and oxygen atoms in total. The zero-order valence-corrected chi connectivity index (χ0v) is 8.64. The van der Waals surface area contributed by atoms with Crippen LogP contribution in [-0.2, 0) is 22.6 Å². The number of hydrogen-bond donors (Lipinski definition) is 0. The predicted molar refractivity (Wildman–Crippen MR) is 46.9 cm³/mol. The van der Waals surface area contributed by atoms with E-state index in [9.17, 15) is 21.6 Å². The highest BCUT2D eigenvalue weighted by Crippen LogP contribution is 2.27. The van der Waals surface area contributed by atoms with E-state index in [1.54, 1.807) is 0 Å². The molecule has 0 saturated carbocycles. The summed E-state index contributed by atoms with van der Waals surface area (Å²) in [6.07, 6.45) is -1.49. The number of halogens is 3. The second-order valence-corrected chi connectivity index (χ2v) is 5.33. The second-order valence-electron chi connectivity index (χ2n) is 3.07. The molecule has 0 bridgehead atoms. The lowest BCUT2D eigenvalue weighted by Gasteiger charge is -2.09. The average Bonchev–Trinajstić information content (AvgIpc) is 2.45. The van der Waals surface area contributed by atoms with E-state index < -0.39 is 21.8 Å². The maximum absolute atomic E-state index is 12.3. The van der Waals surface area contributed by atoms with E-state index in [1.165, 1.54) is 0 Å². The smallest absolute Gasteiger partial charge is 0.326 e. The minimum Gasteiger partial charge on any atom is -0.326 e. The van der Waals surface area contributed by atoms with E-state index in [1.807, 2.05) is 0 Å². The van der Waals surface area contributed by atoms with Crippen molar-refractivity contribution in [3.8, 4) is 0 Å². The minimum atomic E-state index is -4.55. The Kier molecular flexibility index (Phi) is 3.08. The molecule has 1 rings (SSSR count). The zero-order valence-electron chi connectivity index (χ0n) is 7.82. The lowest BCUT2D eigenvalue weighted by molar-refractivity contribution is -0.147. The van der Waals surface area contributed by atoms with Crippen molar-refractivity contribution in [2.24, 2.45) is 0 Å². The number of aromatic nitrogens is 2. The van der Waals surface area contributed by atoms with Crippen molar-refractivity contribution in [1.82, 2.24) is 9.55 Å². The van der Waals surface area contributed by atoms with Crippen LogP contribution in [0.3, 0.4) is 0 Å². The van der Waals surface area contributed by atoms with Crippen LogP contribution in [0.15, 0.2) is 12.4 Å². The molecule has 0 radical (unpaired) electrons. The van der Waals surface area contributed by atoms with Gasteiger partial charge in [0.15, 0.2) is 0 Å². The van der Waals surface area contributed by atoms with Crippen LogP contribution in [0.25, 0.3) is 0 Å². The van der Waals surface area contributed by atoms with Crippen LogP contribution in [0, 0.1) is 0 Å². The molecule has 1 heterocycles. The summed E-state index contributed by atoms with van der Waals surface area (Å²) in [7, 11) is -3.28. The van der Waals surface area contributed by atoms with Crippen molar-refractivity contribution >= 4 is 9.84 Å². The first kappa shape index (κ1) is 12.0.